The van der Waals surface area contributed by atoms with Gasteiger partial charge in [-0.15, -0.1) is 0 Å². The normalized spacial score (nSPS) is 17.9. The molecule has 3 heterocycles. The number of hydrogen-bond donors (Lipinski definition) is 2. The Morgan fingerprint density at radius 3 is 2.68 bits per heavy atom. The first-order valence-electron chi connectivity index (χ1n) is 11.6. The molecule has 0 spiro atoms. The SMILES string of the molecule is Cc1nc2c(c(-c3ccc(N)cc3Cl)c1CN)C(=O)N(C[C@@H]1CCCN1C(=O)OC(C)(C)C)C2. The van der Waals surface area contributed by atoms with Gasteiger partial charge in [0.05, 0.1) is 28.9 Å². The van der Waals surface area contributed by atoms with Crippen LogP contribution in [0.25, 0.3) is 11.1 Å². The van der Waals surface area contributed by atoms with Gasteiger partial charge in [-0.2, -0.15) is 0 Å². The second kappa shape index (κ2) is 9.07. The number of anilines is 1. The summed E-state index contributed by atoms with van der Waals surface area (Å²) in [6.45, 7) is 9.08. The molecule has 34 heavy (non-hydrogen) atoms. The zero-order valence-electron chi connectivity index (χ0n) is 20.2. The van der Waals surface area contributed by atoms with Crippen LogP contribution in [0.5, 0.6) is 0 Å². The third kappa shape index (κ3) is 4.57. The molecule has 1 saturated heterocycles. The van der Waals surface area contributed by atoms with E-state index in [2.05, 4.69) is 0 Å². The zero-order chi connectivity index (χ0) is 24.8. The van der Waals surface area contributed by atoms with Gasteiger partial charge in [0.15, 0.2) is 0 Å². The van der Waals surface area contributed by atoms with Crippen LogP contribution in [0.1, 0.15) is 60.9 Å². The average molecular weight is 486 g/mol. The lowest BCUT2D eigenvalue weighted by Gasteiger charge is -2.30. The summed E-state index contributed by atoms with van der Waals surface area (Å²) >= 11 is 6.55. The van der Waals surface area contributed by atoms with Gasteiger partial charge < -0.3 is 26.0 Å². The number of aryl methyl sites for hydroxylation is 1. The number of aromatic nitrogens is 1. The number of nitrogen functional groups attached to an aromatic ring is 1. The Labute approximate surface area is 205 Å². The van der Waals surface area contributed by atoms with Crippen molar-refractivity contribution >= 4 is 29.3 Å². The average Bonchev–Trinajstić information content (AvgIpc) is 3.31. The van der Waals surface area contributed by atoms with Crippen molar-refractivity contribution < 1.29 is 14.3 Å². The lowest BCUT2D eigenvalue weighted by molar-refractivity contribution is 0.0193. The Hall–Kier alpha value is -2.84. The maximum atomic E-state index is 13.7. The molecule has 0 aliphatic carbocycles. The van der Waals surface area contributed by atoms with E-state index in [1.54, 1.807) is 21.9 Å². The second-order valence-electron chi connectivity index (χ2n) is 9.97. The van der Waals surface area contributed by atoms with Crippen molar-refractivity contribution in [3.05, 3.63) is 45.7 Å². The number of carbonyl (C=O) groups excluding carboxylic acids is 2. The highest BCUT2D eigenvalue weighted by molar-refractivity contribution is 6.34. The predicted molar refractivity (Wildman–Crippen MR) is 132 cm³/mol. The third-order valence-corrected chi connectivity index (χ3v) is 6.64. The van der Waals surface area contributed by atoms with E-state index < -0.39 is 5.60 Å². The summed E-state index contributed by atoms with van der Waals surface area (Å²) in [5.74, 6) is -0.129. The van der Waals surface area contributed by atoms with Crippen molar-refractivity contribution in [2.75, 3.05) is 18.8 Å². The van der Waals surface area contributed by atoms with Gasteiger partial charge in [0.1, 0.15) is 5.60 Å². The molecule has 2 aromatic rings. The molecule has 4 rings (SSSR count). The smallest absolute Gasteiger partial charge is 0.410 e. The van der Waals surface area contributed by atoms with Crippen LogP contribution in [-0.4, -0.2) is 51.5 Å². The van der Waals surface area contributed by atoms with Crippen molar-refractivity contribution in [3.8, 4) is 11.1 Å². The Morgan fingerprint density at radius 2 is 2.03 bits per heavy atom. The number of carbonyl (C=O) groups is 2. The van der Waals surface area contributed by atoms with Crippen LogP contribution in [0.3, 0.4) is 0 Å². The number of halogens is 1. The molecular weight excluding hydrogens is 454 g/mol. The largest absolute Gasteiger partial charge is 0.444 e. The summed E-state index contributed by atoms with van der Waals surface area (Å²) in [6, 6.07) is 5.15. The number of nitrogens with two attached hydrogens (primary N) is 2. The fraction of sp³-hybridized carbons (Fsp3) is 0.480. The van der Waals surface area contributed by atoms with Crippen molar-refractivity contribution in [2.24, 2.45) is 5.73 Å². The van der Waals surface area contributed by atoms with E-state index in [0.717, 1.165) is 29.7 Å². The number of likely N-dealkylation sites (tertiary alicyclic amines) is 1. The summed E-state index contributed by atoms with van der Waals surface area (Å²) < 4.78 is 5.58. The molecule has 2 amide bonds. The van der Waals surface area contributed by atoms with Crippen molar-refractivity contribution in [2.45, 2.75) is 65.3 Å². The number of pyridine rings is 1. The van der Waals surface area contributed by atoms with Gasteiger partial charge in [0, 0.05) is 42.1 Å². The van der Waals surface area contributed by atoms with Crippen LogP contribution in [0.15, 0.2) is 18.2 Å². The fourth-order valence-corrected chi connectivity index (χ4v) is 5.11. The number of ether oxygens (including phenoxy) is 1. The fourth-order valence-electron chi connectivity index (χ4n) is 4.83. The van der Waals surface area contributed by atoms with Gasteiger partial charge in [-0.1, -0.05) is 17.7 Å². The molecule has 1 aromatic carbocycles. The molecule has 0 radical (unpaired) electrons. The number of nitrogens with zero attached hydrogens (tertiary/aromatic N) is 3. The monoisotopic (exact) mass is 485 g/mol. The quantitative estimate of drug-likeness (QED) is 0.630. The topological polar surface area (TPSA) is 115 Å². The summed E-state index contributed by atoms with van der Waals surface area (Å²) in [7, 11) is 0. The molecule has 0 bridgehead atoms. The van der Waals surface area contributed by atoms with Crippen LogP contribution < -0.4 is 11.5 Å². The zero-order valence-corrected chi connectivity index (χ0v) is 20.9. The lowest BCUT2D eigenvalue weighted by atomic mass is 9.92. The minimum absolute atomic E-state index is 0.105. The van der Waals surface area contributed by atoms with E-state index in [-0.39, 0.29) is 24.6 Å². The van der Waals surface area contributed by atoms with Crippen molar-refractivity contribution in [1.82, 2.24) is 14.8 Å². The molecule has 1 aromatic heterocycles. The van der Waals surface area contributed by atoms with Gasteiger partial charge in [-0.3, -0.25) is 9.78 Å². The lowest BCUT2D eigenvalue weighted by Crippen LogP contribution is -2.45. The molecule has 2 aliphatic rings. The highest BCUT2D eigenvalue weighted by Gasteiger charge is 2.39. The summed E-state index contributed by atoms with van der Waals surface area (Å²) in [5.41, 5.74) is 16.2. The molecule has 2 aliphatic heterocycles. The molecule has 0 unspecified atom stereocenters. The Morgan fingerprint density at radius 1 is 1.29 bits per heavy atom. The summed E-state index contributed by atoms with van der Waals surface area (Å²) in [4.78, 5) is 34.6. The van der Waals surface area contributed by atoms with Crippen LogP contribution in [0, 0.1) is 6.92 Å². The van der Waals surface area contributed by atoms with Crippen molar-refractivity contribution in [3.63, 3.8) is 0 Å². The van der Waals surface area contributed by atoms with E-state index in [0.29, 0.717) is 47.2 Å². The van der Waals surface area contributed by atoms with Crippen LogP contribution in [0.4, 0.5) is 10.5 Å². The van der Waals surface area contributed by atoms with Crippen LogP contribution in [-0.2, 0) is 17.8 Å². The second-order valence-corrected chi connectivity index (χ2v) is 10.4. The molecule has 0 saturated carbocycles. The van der Waals surface area contributed by atoms with Gasteiger partial charge in [0.25, 0.3) is 5.91 Å². The summed E-state index contributed by atoms with van der Waals surface area (Å²) in [5, 5.41) is 0.459. The maximum absolute atomic E-state index is 13.7. The molecule has 4 N–H and O–H groups in total. The standard InChI is InChI=1S/C25H32ClN5O3/c1-14-18(11-27)21(17-8-7-15(28)10-19(17)26)22-20(29-14)13-30(23(22)32)12-16-6-5-9-31(16)24(33)34-25(2,3)4/h7-8,10,16H,5-6,9,11-13,27-28H2,1-4H3/t16-/m0/s1. The van der Waals surface area contributed by atoms with Crippen molar-refractivity contribution in [1.29, 1.82) is 0 Å². The predicted octanol–water partition coefficient (Wildman–Crippen LogP) is 4.11. The maximum Gasteiger partial charge on any atom is 0.410 e. The Kier molecular flexibility index (Phi) is 6.48. The molecule has 182 valence electrons. The summed E-state index contributed by atoms with van der Waals surface area (Å²) in [6.07, 6.45) is 1.35. The van der Waals surface area contributed by atoms with Gasteiger partial charge in [-0.05, 0) is 58.2 Å². The first-order chi connectivity index (χ1) is 16.0. The van der Waals surface area contributed by atoms with Crippen LogP contribution >= 0.6 is 11.6 Å². The molecule has 1 fully saturated rings. The van der Waals surface area contributed by atoms with Gasteiger partial charge in [-0.25, -0.2) is 4.79 Å². The van der Waals surface area contributed by atoms with Gasteiger partial charge >= 0.3 is 6.09 Å². The van der Waals surface area contributed by atoms with E-state index in [1.807, 2.05) is 33.8 Å². The Balaban J connectivity index is 1.66. The molecule has 8 nitrogen and oxygen atoms in total. The minimum atomic E-state index is -0.572. The number of amides is 2. The number of hydrogen-bond acceptors (Lipinski definition) is 6. The highest BCUT2D eigenvalue weighted by Crippen LogP contribution is 2.40. The number of rotatable bonds is 4. The first kappa shape index (κ1) is 24.3. The molecular formula is C25H32ClN5O3. The number of fused-ring (bicyclic) bond motifs is 1. The van der Waals surface area contributed by atoms with Gasteiger partial charge in [0.2, 0.25) is 0 Å². The third-order valence-electron chi connectivity index (χ3n) is 6.32. The van der Waals surface area contributed by atoms with E-state index in [9.17, 15) is 9.59 Å². The van der Waals surface area contributed by atoms with E-state index >= 15 is 0 Å². The Bertz CT molecular complexity index is 1140. The molecule has 1 atom stereocenters. The minimum Gasteiger partial charge on any atom is -0.444 e. The van der Waals surface area contributed by atoms with Crippen LogP contribution in [0.2, 0.25) is 5.02 Å². The van der Waals surface area contributed by atoms with E-state index in [1.165, 1.54) is 0 Å². The number of benzene rings is 1. The first-order valence-corrected chi connectivity index (χ1v) is 11.9. The molecule has 9 heteroatoms. The highest BCUT2D eigenvalue weighted by atomic mass is 35.5. The van der Waals surface area contributed by atoms with E-state index in [4.69, 9.17) is 32.8 Å².